The predicted octanol–water partition coefficient (Wildman–Crippen LogP) is 1.99. The van der Waals surface area contributed by atoms with Gasteiger partial charge in [-0.2, -0.15) is 11.8 Å². The lowest BCUT2D eigenvalue weighted by atomic mass is 10.6. The zero-order valence-corrected chi connectivity index (χ0v) is 10.0. The Kier molecular flexibility index (Phi) is 5.01. The van der Waals surface area contributed by atoms with E-state index in [1.165, 1.54) is 11.5 Å². The van der Waals surface area contributed by atoms with E-state index >= 15 is 0 Å². The third-order valence-corrected chi connectivity index (χ3v) is 3.36. The highest BCUT2D eigenvalue weighted by Gasteiger charge is 2.04. The minimum Gasteiger partial charge on any atom is -0.309 e. The van der Waals surface area contributed by atoms with Crippen molar-refractivity contribution in [2.45, 2.75) is 5.75 Å². The molecule has 1 aromatic rings. The lowest BCUT2D eigenvalue weighted by Gasteiger charge is -2.07. The number of hydrogen-bond donors (Lipinski definition) is 0. The zero-order valence-electron chi connectivity index (χ0n) is 7.66. The summed E-state index contributed by atoms with van der Waals surface area (Å²) in [6, 6.07) is 0. The van der Waals surface area contributed by atoms with E-state index in [4.69, 9.17) is 11.6 Å². The van der Waals surface area contributed by atoms with Crippen LogP contribution in [0.25, 0.3) is 0 Å². The maximum absolute atomic E-state index is 5.85. The lowest BCUT2D eigenvalue weighted by Crippen LogP contribution is -2.14. The van der Waals surface area contributed by atoms with Crippen molar-refractivity contribution in [1.29, 1.82) is 0 Å². The van der Waals surface area contributed by atoms with Crippen LogP contribution in [-0.4, -0.2) is 40.9 Å². The average Bonchev–Trinajstić information content (AvgIpc) is 2.45. The van der Waals surface area contributed by atoms with E-state index in [0.717, 1.165) is 28.1 Å². The number of thioether (sulfide) groups is 1. The monoisotopic (exact) mass is 237 g/mol. The predicted molar refractivity (Wildman–Crippen MR) is 59.6 cm³/mol. The van der Waals surface area contributed by atoms with Crippen molar-refractivity contribution in [2.24, 2.45) is 0 Å². The minimum absolute atomic E-state index is 0.720. The molecule has 0 N–H and O–H groups in total. The molecule has 1 aromatic heterocycles. The summed E-state index contributed by atoms with van der Waals surface area (Å²) in [4.78, 5) is 2.16. The minimum atomic E-state index is 0.720. The molecule has 3 nitrogen and oxygen atoms in total. The summed E-state index contributed by atoms with van der Waals surface area (Å²) >= 11 is 8.93. The quantitative estimate of drug-likeness (QED) is 0.733. The van der Waals surface area contributed by atoms with Gasteiger partial charge in [-0.15, -0.1) is 5.10 Å². The van der Waals surface area contributed by atoms with Crippen LogP contribution < -0.4 is 0 Å². The van der Waals surface area contributed by atoms with Gasteiger partial charge >= 0.3 is 0 Å². The molecule has 0 aliphatic rings. The molecule has 1 heterocycles. The zero-order chi connectivity index (χ0) is 9.68. The normalized spacial score (nSPS) is 11.1. The van der Waals surface area contributed by atoms with Crippen molar-refractivity contribution < 1.29 is 0 Å². The molecule has 13 heavy (non-hydrogen) atoms. The second-order valence-electron chi connectivity index (χ2n) is 2.85. The van der Waals surface area contributed by atoms with Gasteiger partial charge in [-0.25, -0.2) is 0 Å². The van der Waals surface area contributed by atoms with Crippen LogP contribution in [0.3, 0.4) is 0 Å². The summed E-state index contributed by atoms with van der Waals surface area (Å²) in [6.45, 7) is 1.08. The summed E-state index contributed by atoms with van der Waals surface area (Å²) < 4.78 is 4.49. The highest BCUT2D eigenvalue weighted by molar-refractivity contribution is 7.98. The molecule has 0 amide bonds. The molecule has 74 valence electrons. The maximum atomic E-state index is 5.85. The Balaban J connectivity index is 2.17. The Hall–Kier alpha value is 0.160. The Morgan fingerprint density at radius 1 is 1.54 bits per heavy atom. The summed E-state index contributed by atoms with van der Waals surface area (Å²) in [5, 5.41) is 3.93. The van der Waals surface area contributed by atoms with E-state index in [9.17, 15) is 0 Å². The van der Waals surface area contributed by atoms with Crippen LogP contribution >= 0.6 is 34.9 Å². The first kappa shape index (κ1) is 11.2. The van der Waals surface area contributed by atoms with Gasteiger partial charge in [-0.05, 0) is 14.1 Å². The van der Waals surface area contributed by atoms with Crippen molar-refractivity contribution in [1.82, 2.24) is 14.5 Å². The van der Waals surface area contributed by atoms with E-state index < -0.39 is 0 Å². The molecule has 6 heteroatoms. The summed E-state index contributed by atoms with van der Waals surface area (Å²) in [5.41, 5.74) is 0.912. The van der Waals surface area contributed by atoms with E-state index in [-0.39, 0.29) is 0 Å². The van der Waals surface area contributed by atoms with Gasteiger partial charge in [0.15, 0.2) is 0 Å². The van der Waals surface area contributed by atoms with Gasteiger partial charge in [-0.3, -0.25) is 0 Å². The first-order chi connectivity index (χ1) is 6.20. The van der Waals surface area contributed by atoms with Crippen LogP contribution in [0.4, 0.5) is 0 Å². The second-order valence-corrected chi connectivity index (χ2v) is 5.31. The number of hydrogen-bond acceptors (Lipinski definition) is 5. The highest BCUT2D eigenvalue weighted by Crippen LogP contribution is 2.21. The standard InChI is InChI=1S/C7H12ClN3S2/c1-11(2)3-4-12-5-6-7(8)13-10-9-6/h3-5H2,1-2H3. The number of nitrogens with zero attached hydrogens (tertiary/aromatic N) is 3. The van der Waals surface area contributed by atoms with E-state index in [2.05, 4.69) is 28.6 Å². The maximum Gasteiger partial charge on any atom is 0.138 e. The van der Waals surface area contributed by atoms with Gasteiger partial charge in [-0.1, -0.05) is 16.1 Å². The molecular formula is C7H12ClN3S2. The number of aromatic nitrogens is 2. The van der Waals surface area contributed by atoms with Crippen LogP contribution in [0.1, 0.15) is 5.69 Å². The van der Waals surface area contributed by atoms with Gasteiger partial charge in [0, 0.05) is 29.6 Å². The molecule has 0 saturated carbocycles. The molecule has 0 aliphatic heterocycles. The third kappa shape index (κ3) is 4.26. The van der Waals surface area contributed by atoms with Gasteiger partial charge in [0.25, 0.3) is 0 Å². The van der Waals surface area contributed by atoms with Crippen LogP contribution in [0, 0.1) is 0 Å². The average molecular weight is 238 g/mol. The largest absolute Gasteiger partial charge is 0.309 e. The molecule has 0 fully saturated rings. The molecular weight excluding hydrogens is 226 g/mol. The second kappa shape index (κ2) is 5.80. The molecule has 0 atom stereocenters. The van der Waals surface area contributed by atoms with Crippen LogP contribution in [0.15, 0.2) is 0 Å². The molecule has 0 spiro atoms. The molecule has 1 rings (SSSR count). The van der Waals surface area contributed by atoms with Crippen LogP contribution in [0.2, 0.25) is 4.34 Å². The van der Waals surface area contributed by atoms with Crippen LogP contribution in [-0.2, 0) is 5.75 Å². The van der Waals surface area contributed by atoms with Gasteiger partial charge in [0.2, 0.25) is 0 Å². The Morgan fingerprint density at radius 3 is 2.85 bits per heavy atom. The van der Waals surface area contributed by atoms with Crippen molar-refractivity contribution in [3.05, 3.63) is 10.0 Å². The molecule has 0 bridgehead atoms. The first-order valence-corrected chi connectivity index (χ1v) is 6.20. The highest BCUT2D eigenvalue weighted by atomic mass is 35.5. The van der Waals surface area contributed by atoms with Gasteiger partial charge < -0.3 is 4.90 Å². The molecule has 0 radical (unpaired) electrons. The van der Waals surface area contributed by atoms with Gasteiger partial charge in [0.1, 0.15) is 10.0 Å². The first-order valence-electron chi connectivity index (χ1n) is 3.89. The number of halogens is 1. The fourth-order valence-corrected chi connectivity index (χ4v) is 2.53. The smallest absolute Gasteiger partial charge is 0.138 e. The molecule has 0 aromatic carbocycles. The Labute approximate surface area is 91.6 Å². The van der Waals surface area contributed by atoms with E-state index in [1.54, 1.807) is 0 Å². The summed E-state index contributed by atoms with van der Waals surface area (Å²) in [6.07, 6.45) is 0. The van der Waals surface area contributed by atoms with Crippen molar-refractivity contribution in [2.75, 3.05) is 26.4 Å². The van der Waals surface area contributed by atoms with Crippen molar-refractivity contribution in [3.8, 4) is 0 Å². The van der Waals surface area contributed by atoms with Crippen LogP contribution in [0.5, 0.6) is 0 Å². The number of rotatable bonds is 5. The molecule has 0 aliphatic carbocycles. The summed E-state index contributed by atoms with van der Waals surface area (Å²) in [7, 11) is 4.13. The SMILES string of the molecule is CN(C)CCSCc1nnsc1Cl. The Morgan fingerprint density at radius 2 is 2.31 bits per heavy atom. The fraction of sp³-hybridized carbons (Fsp3) is 0.714. The lowest BCUT2D eigenvalue weighted by molar-refractivity contribution is 0.437. The molecule has 0 unspecified atom stereocenters. The van der Waals surface area contributed by atoms with Crippen molar-refractivity contribution in [3.63, 3.8) is 0 Å². The van der Waals surface area contributed by atoms with Gasteiger partial charge in [0.05, 0.1) is 0 Å². The topological polar surface area (TPSA) is 29.0 Å². The van der Waals surface area contributed by atoms with Crippen molar-refractivity contribution >= 4 is 34.9 Å². The van der Waals surface area contributed by atoms with E-state index in [1.807, 2.05) is 11.8 Å². The third-order valence-electron chi connectivity index (χ3n) is 1.43. The van der Waals surface area contributed by atoms with E-state index in [0.29, 0.717) is 0 Å². The molecule has 0 saturated heterocycles. The Bertz CT molecular complexity index is 252. The fourth-order valence-electron chi connectivity index (χ4n) is 0.699. The summed E-state index contributed by atoms with van der Waals surface area (Å²) in [5.74, 6) is 1.96.